The van der Waals surface area contributed by atoms with Crippen molar-refractivity contribution < 1.29 is 19.0 Å². The van der Waals surface area contributed by atoms with Gasteiger partial charge < -0.3 is 19.6 Å². The summed E-state index contributed by atoms with van der Waals surface area (Å²) in [6.07, 6.45) is 4.36. The van der Waals surface area contributed by atoms with Gasteiger partial charge in [0.05, 0.1) is 19.3 Å². The number of ether oxygens (including phenoxy) is 1. The van der Waals surface area contributed by atoms with Crippen molar-refractivity contribution >= 4 is 5.91 Å². The lowest BCUT2D eigenvalue weighted by molar-refractivity contribution is 0.0541. The zero-order valence-electron chi connectivity index (χ0n) is 21.7. The van der Waals surface area contributed by atoms with E-state index in [1.807, 2.05) is 54.6 Å². The number of carbonyl (C=O) groups excluding carboxylic acids is 1. The van der Waals surface area contributed by atoms with E-state index in [1.54, 1.807) is 6.07 Å². The van der Waals surface area contributed by atoms with Crippen LogP contribution < -0.4 is 4.74 Å². The number of alkyl halides is 1. The molecule has 6 rings (SSSR count). The first-order valence-electron chi connectivity index (χ1n) is 13.8. The van der Waals surface area contributed by atoms with Crippen LogP contribution in [0.3, 0.4) is 0 Å². The molecule has 2 fully saturated rings. The molecule has 2 heterocycles. The number of fused-ring (bicyclic) bond motifs is 1. The fourth-order valence-electron chi connectivity index (χ4n) is 6.30. The summed E-state index contributed by atoms with van der Waals surface area (Å²) in [5, 5.41) is 10.2. The van der Waals surface area contributed by atoms with Gasteiger partial charge in [0.15, 0.2) is 0 Å². The zero-order valence-corrected chi connectivity index (χ0v) is 21.7. The summed E-state index contributed by atoms with van der Waals surface area (Å²) in [6.45, 7) is 3.19. The third kappa shape index (κ3) is 4.90. The van der Waals surface area contributed by atoms with Gasteiger partial charge >= 0.3 is 0 Å². The van der Waals surface area contributed by atoms with Gasteiger partial charge in [-0.3, -0.25) is 9.18 Å². The Morgan fingerprint density at radius 2 is 1.84 bits per heavy atom. The number of likely N-dealkylation sites (tertiary alicyclic amines) is 1. The Bertz CT molecular complexity index is 1280. The fraction of sp³-hybridized carbons (Fsp3) is 0.406. The number of aromatic hydroxyl groups is 1. The van der Waals surface area contributed by atoms with Gasteiger partial charge in [-0.15, -0.1) is 0 Å². The maximum atomic E-state index is 14.0. The number of nitrogens with zero attached hydrogens (tertiary/aromatic N) is 2. The van der Waals surface area contributed by atoms with Gasteiger partial charge in [0.1, 0.15) is 11.5 Å². The first-order valence-corrected chi connectivity index (χ1v) is 13.8. The van der Waals surface area contributed by atoms with Crippen LogP contribution in [0.4, 0.5) is 4.39 Å². The average molecular weight is 515 g/mol. The highest BCUT2D eigenvalue weighted by molar-refractivity contribution is 5.96. The van der Waals surface area contributed by atoms with Crippen molar-refractivity contribution in [3.05, 3.63) is 95.1 Å². The molecule has 1 saturated carbocycles. The van der Waals surface area contributed by atoms with Crippen molar-refractivity contribution in [1.29, 1.82) is 0 Å². The van der Waals surface area contributed by atoms with Crippen molar-refractivity contribution in [3.63, 3.8) is 0 Å². The van der Waals surface area contributed by atoms with Crippen LogP contribution in [0.15, 0.2) is 72.8 Å². The molecule has 0 bridgehead atoms. The summed E-state index contributed by atoms with van der Waals surface area (Å²) < 4.78 is 18.6. The van der Waals surface area contributed by atoms with E-state index >= 15 is 0 Å². The Morgan fingerprint density at radius 1 is 1.05 bits per heavy atom. The third-order valence-corrected chi connectivity index (χ3v) is 8.44. The summed E-state index contributed by atoms with van der Waals surface area (Å²) in [6, 6.07) is 23.0. The second-order valence-corrected chi connectivity index (χ2v) is 11.1. The normalized spacial score (nSPS) is 21.9. The molecule has 0 aromatic heterocycles. The zero-order chi connectivity index (χ0) is 26.1. The summed E-state index contributed by atoms with van der Waals surface area (Å²) in [5.41, 5.74) is 3.70. The van der Waals surface area contributed by atoms with Crippen LogP contribution in [0.25, 0.3) is 0 Å². The average Bonchev–Trinajstić information content (AvgIpc) is 3.55. The predicted octanol–water partition coefficient (Wildman–Crippen LogP) is 5.77. The summed E-state index contributed by atoms with van der Waals surface area (Å²) in [4.78, 5) is 18.4. The maximum Gasteiger partial charge on any atom is 0.255 e. The van der Waals surface area contributed by atoms with Crippen LogP contribution in [0.1, 0.15) is 58.8 Å². The van der Waals surface area contributed by atoms with Crippen molar-refractivity contribution in [2.24, 2.45) is 5.92 Å². The van der Waals surface area contributed by atoms with E-state index in [1.165, 1.54) is 0 Å². The molecule has 1 aliphatic carbocycles. The number of phenols is 1. The lowest BCUT2D eigenvalue weighted by Gasteiger charge is -2.44. The smallest absolute Gasteiger partial charge is 0.255 e. The molecule has 38 heavy (non-hydrogen) atoms. The monoisotopic (exact) mass is 514 g/mol. The van der Waals surface area contributed by atoms with E-state index in [-0.39, 0.29) is 29.9 Å². The van der Waals surface area contributed by atoms with E-state index in [4.69, 9.17) is 4.74 Å². The van der Waals surface area contributed by atoms with E-state index < -0.39 is 0 Å². The van der Waals surface area contributed by atoms with E-state index in [9.17, 15) is 14.3 Å². The van der Waals surface area contributed by atoms with Crippen LogP contribution in [0.5, 0.6) is 11.5 Å². The number of carbonyl (C=O) groups is 1. The molecule has 3 aromatic carbocycles. The lowest BCUT2D eigenvalue weighted by atomic mass is 9.82. The summed E-state index contributed by atoms with van der Waals surface area (Å²) in [7, 11) is 0. The van der Waals surface area contributed by atoms with Crippen molar-refractivity contribution in [2.75, 3.05) is 32.9 Å². The number of rotatable bonds is 8. The largest absolute Gasteiger partial charge is 0.508 e. The van der Waals surface area contributed by atoms with E-state index in [0.29, 0.717) is 24.5 Å². The highest BCUT2D eigenvalue weighted by Gasteiger charge is 2.56. The minimum atomic E-state index is -0.258. The quantitative estimate of drug-likeness (QED) is 0.415. The highest BCUT2D eigenvalue weighted by atomic mass is 19.1. The second kappa shape index (κ2) is 10.4. The van der Waals surface area contributed by atoms with Gasteiger partial charge in [-0.05, 0) is 91.7 Å². The molecule has 2 aliphatic heterocycles. The molecular weight excluding hydrogens is 479 g/mol. The van der Waals surface area contributed by atoms with Crippen LogP contribution >= 0.6 is 0 Å². The molecule has 198 valence electrons. The Morgan fingerprint density at radius 3 is 2.58 bits per heavy atom. The molecule has 1 spiro atoms. The molecule has 3 aliphatic rings. The third-order valence-electron chi connectivity index (χ3n) is 8.44. The lowest BCUT2D eigenvalue weighted by Crippen LogP contribution is -2.49. The first-order chi connectivity index (χ1) is 18.6. The number of amides is 1. The molecular formula is C32H35FN2O3. The Labute approximate surface area is 223 Å². The van der Waals surface area contributed by atoms with Crippen molar-refractivity contribution in [1.82, 2.24) is 9.80 Å². The van der Waals surface area contributed by atoms with Gasteiger partial charge in [-0.25, -0.2) is 0 Å². The van der Waals surface area contributed by atoms with Gasteiger partial charge in [0.2, 0.25) is 0 Å². The minimum Gasteiger partial charge on any atom is -0.508 e. The van der Waals surface area contributed by atoms with Crippen molar-refractivity contribution in [3.8, 4) is 11.5 Å². The molecule has 0 unspecified atom stereocenters. The van der Waals surface area contributed by atoms with Crippen LogP contribution in [-0.2, 0) is 6.42 Å². The fourth-order valence-corrected chi connectivity index (χ4v) is 6.30. The summed E-state index contributed by atoms with van der Waals surface area (Å²) in [5.74, 6) is 1.59. The van der Waals surface area contributed by atoms with Crippen LogP contribution in [0, 0.1) is 5.92 Å². The SMILES string of the molecule is O=C(c1ccccc1)N1[C@H](c2ccc(OC[C@@H]3CCN(CCCF)C3)cc2)c2ccc(O)cc2CC12CC2. The molecule has 3 aromatic rings. The number of hydrogen-bond donors (Lipinski definition) is 1. The molecule has 1 saturated heterocycles. The van der Waals surface area contributed by atoms with E-state index in [0.717, 1.165) is 67.8 Å². The molecule has 0 radical (unpaired) electrons. The summed E-state index contributed by atoms with van der Waals surface area (Å²) >= 11 is 0. The number of benzene rings is 3. The Kier molecular flexibility index (Phi) is 6.83. The number of phenolic OH excluding ortho intramolecular Hbond substituents is 1. The second-order valence-electron chi connectivity index (χ2n) is 11.1. The van der Waals surface area contributed by atoms with Gasteiger partial charge in [0.25, 0.3) is 5.91 Å². The maximum absolute atomic E-state index is 14.0. The molecule has 2 atom stereocenters. The first kappa shape index (κ1) is 24.9. The molecule has 1 N–H and O–H groups in total. The molecule has 6 heteroatoms. The molecule has 5 nitrogen and oxygen atoms in total. The Hall–Kier alpha value is -3.38. The van der Waals surface area contributed by atoms with Gasteiger partial charge in [-0.2, -0.15) is 0 Å². The van der Waals surface area contributed by atoms with Gasteiger partial charge in [-0.1, -0.05) is 36.4 Å². The van der Waals surface area contributed by atoms with Crippen LogP contribution in [0.2, 0.25) is 0 Å². The predicted molar refractivity (Wildman–Crippen MR) is 145 cm³/mol. The standard InChI is InChI=1S/C32H35FN2O3/c33-16-4-17-34-18-13-23(21-34)22-38-28-10-7-24(8-11-28)30-29-12-9-27(36)19-26(29)20-32(14-15-32)35(30)31(37)25-5-2-1-3-6-25/h1-3,5-12,19,23,30,36H,4,13-18,20-22H2/t23-,30-/m1/s1. The highest BCUT2D eigenvalue weighted by Crippen LogP contribution is 2.55. The van der Waals surface area contributed by atoms with E-state index in [2.05, 4.69) is 21.9 Å². The topological polar surface area (TPSA) is 53.0 Å². The number of halogens is 1. The van der Waals surface area contributed by atoms with Gasteiger partial charge in [0, 0.05) is 30.1 Å². The molecule has 1 amide bonds. The van der Waals surface area contributed by atoms with Crippen LogP contribution in [-0.4, -0.2) is 59.3 Å². The Balaban J connectivity index is 1.25. The number of hydrogen-bond acceptors (Lipinski definition) is 4. The van der Waals surface area contributed by atoms with Crippen molar-refractivity contribution in [2.45, 2.75) is 43.7 Å². The minimum absolute atomic E-state index is 0.0469.